The van der Waals surface area contributed by atoms with Gasteiger partial charge in [-0.05, 0) is 45.6 Å². The SMILES string of the molecule is Cc1nc(C(=O)N(CCN(C)C)Cc2cccc(C(F)(F)F)c2)c(=O)[nH]c1C. The zero-order valence-electron chi connectivity index (χ0n) is 16.2. The second-order valence-corrected chi connectivity index (χ2v) is 6.85. The topological polar surface area (TPSA) is 69.3 Å². The fourth-order valence-electron chi connectivity index (χ4n) is 2.56. The molecule has 1 aromatic heterocycles. The predicted molar refractivity (Wildman–Crippen MR) is 99.1 cm³/mol. The average molecular weight is 396 g/mol. The molecule has 0 saturated heterocycles. The maximum Gasteiger partial charge on any atom is 0.416 e. The van der Waals surface area contributed by atoms with Crippen molar-refractivity contribution in [3.05, 3.63) is 62.8 Å². The molecule has 1 amide bonds. The lowest BCUT2D eigenvalue weighted by Crippen LogP contribution is -2.39. The molecule has 0 radical (unpaired) electrons. The summed E-state index contributed by atoms with van der Waals surface area (Å²) in [5, 5.41) is 0. The smallest absolute Gasteiger partial charge is 0.332 e. The van der Waals surface area contributed by atoms with Crippen LogP contribution in [0.4, 0.5) is 13.2 Å². The Kier molecular flexibility index (Phi) is 6.60. The Balaban J connectivity index is 2.36. The minimum Gasteiger partial charge on any atom is -0.332 e. The minimum atomic E-state index is -4.47. The van der Waals surface area contributed by atoms with Gasteiger partial charge in [-0.1, -0.05) is 12.1 Å². The molecule has 152 valence electrons. The molecule has 6 nitrogen and oxygen atoms in total. The number of aromatic nitrogens is 2. The molecule has 0 aliphatic heterocycles. The number of carbonyl (C=O) groups is 1. The van der Waals surface area contributed by atoms with Crippen LogP contribution in [0.15, 0.2) is 29.1 Å². The van der Waals surface area contributed by atoms with E-state index in [1.807, 2.05) is 19.0 Å². The second-order valence-electron chi connectivity index (χ2n) is 6.85. The first-order valence-corrected chi connectivity index (χ1v) is 8.66. The molecule has 1 aromatic carbocycles. The lowest BCUT2D eigenvalue weighted by atomic mass is 10.1. The van der Waals surface area contributed by atoms with Crippen LogP contribution in [0.5, 0.6) is 0 Å². The zero-order valence-corrected chi connectivity index (χ0v) is 16.2. The van der Waals surface area contributed by atoms with Gasteiger partial charge in [-0.25, -0.2) is 4.98 Å². The average Bonchev–Trinajstić information content (AvgIpc) is 2.60. The lowest BCUT2D eigenvalue weighted by molar-refractivity contribution is -0.137. The van der Waals surface area contributed by atoms with Crippen LogP contribution in [0.2, 0.25) is 0 Å². The summed E-state index contributed by atoms with van der Waals surface area (Å²) in [5.74, 6) is -0.622. The van der Waals surface area contributed by atoms with Crippen molar-refractivity contribution in [3.63, 3.8) is 0 Å². The molecule has 1 N–H and O–H groups in total. The van der Waals surface area contributed by atoms with Crippen molar-refractivity contribution < 1.29 is 18.0 Å². The lowest BCUT2D eigenvalue weighted by Gasteiger charge is -2.24. The standard InChI is InChI=1S/C19H23F3N4O2/c1-12-13(2)24-17(27)16(23-12)18(28)26(9-8-25(3)4)11-14-6-5-7-15(10-14)19(20,21)22/h5-7,10H,8-9,11H2,1-4H3,(H,24,27). The van der Waals surface area contributed by atoms with Crippen LogP contribution in [-0.2, 0) is 12.7 Å². The third-order valence-electron chi connectivity index (χ3n) is 4.27. The first-order chi connectivity index (χ1) is 13.0. The minimum absolute atomic E-state index is 0.0648. The summed E-state index contributed by atoms with van der Waals surface area (Å²) < 4.78 is 38.9. The summed E-state index contributed by atoms with van der Waals surface area (Å²) >= 11 is 0. The molecule has 2 rings (SSSR count). The highest BCUT2D eigenvalue weighted by atomic mass is 19.4. The Morgan fingerprint density at radius 1 is 1.18 bits per heavy atom. The fraction of sp³-hybridized carbons (Fsp3) is 0.421. The van der Waals surface area contributed by atoms with Crippen molar-refractivity contribution in [1.29, 1.82) is 0 Å². The summed E-state index contributed by atoms with van der Waals surface area (Å²) in [5.41, 5.74) is -0.288. The number of alkyl halides is 3. The molecule has 0 atom stereocenters. The van der Waals surface area contributed by atoms with Gasteiger partial charge in [-0.15, -0.1) is 0 Å². The van der Waals surface area contributed by atoms with Crippen molar-refractivity contribution in [1.82, 2.24) is 19.8 Å². The van der Waals surface area contributed by atoms with E-state index in [1.165, 1.54) is 17.0 Å². The largest absolute Gasteiger partial charge is 0.416 e. The fourth-order valence-corrected chi connectivity index (χ4v) is 2.56. The molecule has 0 unspecified atom stereocenters. The Morgan fingerprint density at radius 3 is 2.46 bits per heavy atom. The molecule has 2 aromatic rings. The van der Waals surface area contributed by atoms with Crippen molar-refractivity contribution >= 4 is 5.91 Å². The maximum atomic E-state index is 13.0. The summed E-state index contributed by atoms with van der Waals surface area (Å²) in [4.78, 5) is 35.0. The molecular weight excluding hydrogens is 373 g/mol. The molecule has 28 heavy (non-hydrogen) atoms. The summed E-state index contributed by atoms with van der Waals surface area (Å²) in [6.45, 7) is 3.98. The van der Waals surface area contributed by atoms with E-state index in [4.69, 9.17) is 0 Å². The monoisotopic (exact) mass is 396 g/mol. The summed E-state index contributed by atoms with van der Waals surface area (Å²) in [7, 11) is 3.63. The Labute approximate surface area is 161 Å². The van der Waals surface area contributed by atoms with Crippen molar-refractivity contribution in [2.75, 3.05) is 27.2 Å². The van der Waals surface area contributed by atoms with Gasteiger partial charge in [0, 0.05) is 25.3 Å². The Hall–Kier alpha value is -2.68. The molecular formula is C19H23F3N4O2. The van der Waals surface area contributed by atoms with Gasteiger partial charge >= 0.3 is 6.18 Å². The highest BCUT2D eigenvalue weighted by Crippen LogP contribution is 2.29. The quantitative estimate of drug-likeness (QED) is 0.815. The van der Waals surface area contributed by atoms with Gasteiger partial charge < -0.3 is 14.8 Å². The second kappa shape index (κ2) is 8.55. The van der Waals surface area contributed by atoms with Gasteiger partial charge in [0.15, 0.2) is 5.69 Å². The number of aromatic amines is 1. The third kappa shape index (κ3) is 5.41. The number of nitrogens with zero attached hydrogens (tertiary/aromatic N) is 3. The molecule has 0 saturated carbocycles. The molecule has 9 heteroatoms. The van der Waals surface area contributed by atoms with Crippen LogP contribution in [0, 0.1) is 13.8 Å². The van der Waals surface area contributed by atoms with Crippen molar-refractivity contribution in [3.8, 4) is 0 Å². The number of aryl methyl sites for hydroxylation is 2. The van der Waals surface area contributed by atoms with Crippen LogP contribution in [0.25, 0.3) is 0 Å². The summed E-state index contributed by atoms with van der Waals surface area (Å²) in [6, 6.07) is 4.80. The molecule has 0 fully saturated rings. The van der Waals surface area contributed by atoms with Gasteiger partial charge in [0.2, 0.25) is 0 Å². The number of hydrogen-bond donors (Lipinski definition) is 1. The van der Waals surface area contributed by atoms with Gasteiger partial charge in [0.25, 0.3) is 11.5 Å². The number of rotatable bonds is 6. The molecule has 0 aliphatic rings. The van der Waals surface area contributed by atoms with Crippen molar-refractivity contribution in [2.24, 2.45) is 0 Å². The first kappa shape index (κ1) is 21.6. The number of H-pyrrole nitrogens is 1. The molecule has 0 bridgehead atoms. The van der Waals surface area contributed by atoms with E-state index in [-0.39, 0.29) is 18.8 Å². The Bertz CT molecular complexity index is 907. The maximum absolute atomic E-state index is 13.0. The molecule has 0 aliphatic carbocycles. The zero-order chi connectivity index (χ0) is 21.1. The highest BCUT2D eigenvalue weighted by molar-refractivity contribution is 5.92. The van der Waals surface area contributed by atoms with E-state index in [1.54, 1.807) is 13.8 Å². The van der Waals surface area contributed by atoms with E-state index < -0.39 is 23.2 Å². The number of amides is 1. The molecule has 1 heterocycles. The van der Waals surface area contributed by atoms with Crippen LogP contribution >= 0.6 is 0 Å². The van der Waals surface area contributed by atoms with E-state index in [0.717, 1.165) is 12.1 Å². The van der Waals surface area contributed by atoms with Gasteiger partial charge in [0.05, 0.1) is 11.3 Å². The third-order valence-corrected chi connectivity index (χ3v) is 4.27. The van der Waals surface area contributed by atoms with E-state index in [2.05, 4.69) is 9.97 Å². The number of halogens is 3. The summed E-state index contributed by atoms with van der Waals surface area (Å²) in [6.07, 6.45) is -4.47. The first-order valence-electron chi connectivity index (χ1n) is 8.66. The Morgan fingerprint density at radius 2 is 1.86 bits per heavy atom. The number of benzene rings is 1. The van der Waals surface area contributed by atoms with Crippen molar-refractivity contribution in [2.45, 2.75) is 26.6 Å². The number of carbonyl (C=O) groups excluding carboxylic acids is 1. The van der Waals surface area contributed by atoms with Crippen LogP contribution in [0.1, 0.15) is 33.0 Å². The van der Waals surface area contributed by atoms with Gasteiger partial charge in [-0.2, -0.15) is 13.2 Å². The van der Waals surface area contributed by atoms with Gasteiger partial charge in [0.1, 0.15) is 0 Å². The van der Waals surface area contributed by atoms with Crippen LogP contribution < -0.4 is 5.56 Å². The highest BCUT2D eigenvalue weighted by Gasteiger charge is 2.30. The van der Waals surface area contributed by atoms with E-state index in [9.17, 15) is 22.8 Å². The van der Waals surface area contributed by atoms with Gasteiger partial charge in [-0.3, -0.25) is 9.59 Å². The number of hydrogen-bond acceptors (Lipinski definition) is 4. The number of nitrogens with one attached hydrogen (secondary N) is 1. The number of likely N-dealkylation sites (N-methyl/N-ethyl adjacent to an activating group) is 1. The van der Waals surface area contributed by atoms with Crippen LogP contribution in [-0.4, -0.2) is 52.9 Å². The van der Waals surface area contributed by atoms with E-state index in [0.29, 0.717) is 23.5 Å². The normalized spacial score (nSPS) is 11.7. The van der Waals surface area contributed by atoms with Crippen LogP contribution in [0.3, 0.4) is 0 Å². The predicted octanol–water partition coefficient (Wildman–Crippen LogP) is 2.61. The van der Waals surface area contributed by atoms with E-state index >= 15 is 0 Å². The molecule has 0 spiro atoms.